The third-order valence-corrected chi connectivity index (χ3v) is 5.89. The summed E-state index contributed by atoms with van der Waals surface area (Å²) in [5.41, 5.74) is -0.267. The first kappa shape index (κ1) is 19.4. The summed E-state index contributed by atoms with van der Waals surface area (Å²) >= 11 is 1.17. The Morgan fingerprint density at radius 1 is 1.10 bits per heavy atom. The van der Waals surface area contributed by atoms with E-state index < -0.39 is 11.2 Å². The quantitative estimate of drug-likeness (QED) is 0.504. The first-order valence-corrected chi connectivity index (χ1v) is 9.73. The smallest absolute Gasteiger partial charge is 0.332 e. The van der Waals surface area contributed by atoms with E-state index in [0.29, 0.717) is 47.8 Å². The zero-order valence-electron chi connectivity index (χ0n) is 16.2. The molecule has 1 fully saturated rings. The van der Waals surface area contributed by atoms with Crippen molar-refractivity contribution in [2.75, 3.05) is 26.3 Å². The lowest BCUT2D eigenvalue weighted by atomic mass is 10.4. The average molecular weight is 420 g/mol. The van der Waals surface area contributed by atoms with Crippen LogP contribution in [0.5, 0.6) is 0 Å². The van der Waals surface area contributed by atoms with Gasteiger partial charge in [-0.05, 0) is 11.8 Å². The lowest BCUT2D eigenvalue weighted by Crippen LogP contribution is -2.42. The lowest BCUT2D eigenvalue weighted by Gasteiger charge is -2.26. The Balaban J connectivity index is 1.64. The van der Waals surface area contributed by atoms with Gasteiger partial charge in [-0.2, -0.15) is 5.10 Å². The van der Waals surface area contributed by atoms with E-state index >= 15 is 0 Å². The highest BCUT2D eigenvalue weighted by Crippen LogP contribution is 2.26. The van der Waals surface area contributed by atoms with Crippen LogP contribution in [0, 0.1) is 0 Å². The van der Waals surface area contributed by atoms with E-state index in [4.69, 9.17) is 4.74 Å². The Labute approximate surface area is 168 Å². The van der Waals surface area contributed by atoms with Crippen molar-refractivity contribution in [3.05, 3.63) is 27.2 Å². The van der Waals surface area contributed by atoms with Gasteiger partial charge in [-0.15, -0.1) is 0 Å². The third-order valence-electron chi connectivity index (χ3n) is 4.85. The zero-order chi connectivity index (χ0) is 20.7. The van der Waals surface area contributed by atoms with Crippen LogP contribution in [0.1, 0.15) is 0 Å². The van der Waals surface area contributed by atoms with E-state index in [9.17, 15) is 14.4 Å². The maximum atomic E-state index is 12.5. The van der Waals surface area contributed by atoms with Gasteiger partial charge in [0.2, 0.25) is 5.91 Å². The van der Waals surface area contributed by atoms with Crippen LogP contribution in [-0.2, 0) is 37.2 Å². The molecule has 13 heteroatoms. The van der Waals surface area contributed by atoms with E-state index in [2.05, 4.69) is 15.1 Å². The van der Waals surface area contributed by atoms with Gasteiger partial charge in [0.25, 0.3) is 5.56 Å². The number of rotatable bonds is 4. The second-order valence-electron chi connectivity index (χ2n) is 6.63. The second-order valence-corrected chi connectivity index (χ2v) is 7.56. The number of amides is 1. The van der Waals surface area contributed by atoms with Gasteiger partial charge in [-0.3, -0.25) is 18.7 Å². The van der Waals surface area contributed by atoms with Gasteiger partial charge < -0.3 is 14.2 Å². The molecule has 0 aliphatic carbocycles. The molecule has 0 saturated carbocycles. The summed E-state index contributed by atoms with van der Waals surface area (Å²) < 4.78 is 10.8. The number of ether oxygens (including phenoxy) is 1. The van der Waals surface area contributed by atoms with Crippen LogP contribution in [0.15, 0.2) is 26.2 Å². The largest absolute Gasteiger partial charge is 0.378 e. The van der Waals surface area contributed by atoms with Gasteiger partial charge in [-0.1, -0.05) is 0 Å². The van der Waals surface area contributed by atoms with Gasteiger partial charge in [0.15, 0.2) is 21.5 Å². The van der Waals surface area contributed by atoms with E-state index in [0.717, 1.165) is 4.57 Å². The zero-order valence-corrected chi connectivity index (χ0v) is 17.0. The maximum absolute atomic E-state index is 12.5. The Bertz CT molecular complexity index is 1200. The minimum atomic E-state index is -0.448. The van der Waals surface area contributed by atoms with Crippen LogP contribution in [-0.4, -0.2) is 70.6 Å². The van der Waals surface area contributed by atoms with E-state index in [-0.39, 0.29) is 12.5 Å². The van der Waals surface area contributed by atoms with Crippen molar-refractivity contribution in [2.24, 2.45) is 21.1 Å². The molecule has 1 aliphatic rings. The maximum Gasteiger partial charge on any atom is 0.332 e. The third kappa shape index (κ3) is 3.35. The molecule has 154 valence electrons. The van der Waals surface area contributed by atoms with Crippen molar-refractivity contribution in [2.45, 2.75) is 16.9 Å². The summed E-state index contributed by atoms with van der Waals surface area (Å²) in [6, 6.07) is 0. The van der Waals surface area contributed by atoms with Crippen LogP contribution >= 0.6 is 11.8 Å². The Morgan fingerprint density at radius 3 is 2.55 bits per heavy atom. The molecule has 0 bridgehead atoms. The molecule has 4 rings (SSSR count). The molecule has 3 aromatic heterocycles. The molecule has 0 atom stereocenters. The van der Waals surface area contributed by atoms with Crippen molar-refractivity contribution in [3.8, 4) is 0 Å². The average Bonchev–Trinajstić information content (AvgIpc) is 3.30. The predicted molar refractivity (Wildman–Crippen MR) is 103 cm³/mol. The molecule has 1 saturated heterocycles. The number of morpholine rings is 1. The minimum Gasteiger partial charge on any atom is -0.378 e. The molecule has 3 aromatic rings. The summed E-state index contributed by atoms with van der Waals surface area (Å²) in [5.74, 6) is -0.0677. The highest BCUT2D eigenvalue weighted by atomic mass is 32.2. The van der Waals surface area contributed by atoms with E-state index in [1.807, 2.05) is 0 Å². The van der Waals surface area contributed by atoms with E-state index in [1.165, 1.54) is 34.4 Å². The van der Waals surface area contributed by atoms with Crippen molar-refractivity contribution < 1.29 is 9.53 Å². The molecule has 0 N–H and O–H groups in total. The van der Waals surface area contributed by atoms with Crippen LogP contribution < -0.4 is 11.2 Å². The normalized spacial score (nSPS) is 14.7. The van der Waals surface area contributed by atoms with Gasteiger partial charge in [0.05, 0.1) is 13.2 Å². The molecule has 1 amide bonds. The second kappa shape index (κ2) is 7.48. The first-order valence-electron chi connectivity index (χ1n) is 8.92. The molecule has 29 heavy (non-hydrogen) atoms. The van der Waals surface area contributed by atoms with Crippen molar-refractivity contribution in [3.63, 3.8) is 0 Å². The topological polar surface area (TPSA) is 122 Å². The lowest BCUT2D eigenvalue weighted by molar-refractivity contribution is -0.136. The number of carbonyl (C=O) groups excluding carboxylic acids is 1. The minimum absolute atomic E-state index is 0.0481. The van der Waals surface area contributed by atoms with Crippen molar-refractivity contribution in [1.82, 2.24) is 38.3 Å². The summed E-state index contributed by atoms with van der Waals surface area (Å²) in [5, 5.41) is 5.07. The monoisotopic (exact) mass is 420 g/mol. The SMILES string of the molecule is Cn1c(=O)c2c(nc(Sc3ncnn3CC(=O)N3CCOCC3)n2C)n(C)c1=O. The highest BCUT2D eigenvalue weighted by molar-refractivity contribution is 7.99. The van der Waals surface area contributed by atoms with Crippen LogP contribution in [0.3, 0.4) is 0 Å². The number of imidazole rings is 1. The molecular formula is C16H20N8O4S. The molecule has 0 unspecified atom stereocenters. The fourth-order valence-corrected chi connectivity index (χ4v) is 3.99. The number of fused-ring (bicyclic) bond motifs is 1. The predicted octanol–water partition coefficient (Wildman–Crippen LogP) is -1.43. The van der Waals surface area contributed by atoms with E-state index in [1.54, 1.807) is 23.6 Å². The van der Waals surface area contributed by atoms with Crippen LogP contribution in [0.4, 0.5) is 0 Å². The van der Waals surface area contributed by atoms with Gasteiger partial charge in [0, 0.05) is 34.2 Å². The molecule has 0 spiro atoms. The molecule has 1 aliphatic heterocycles. The fourth-order valence-electron chi connectivity index (χ4n) is 3.15. The molecule has 0 radical (unpaired) electrons. The summed E-state index contributed by atoms with van der Waals surface area (Å²) in [6.07, 6.45) is 1.37. The summed E-state index contributed by atoms with van der Waals surface area (Å²) in [6.45, 7) is 2.21. The van der Waals surface area contributed by atoms with Gasteiger partial charge >= 0.3 is 5.69 Å². The number of aromatic nitrogens is 7. The van der Waals surface area contributed by atoms with Crippen LogP contribution in [0.25, 0.3) is 11.2 Å². The van der Waals surface area contributed by atoms with Gasteiger partial charge in [-0.25, -0.2) is 19.4 Å². The number of aryl methyl sites for hydroxylation is 2. The standard InChI is InChI=1S/C16H20N8O4S/c1-20-11-12(21(2)16(27)22(3)13(11)26)19-15(20)29-14-17-9-18-24(14)8-10(25)23-4-6-28-7-5-23/h9H,4-8H2,1-3H3. The highest BCUT2D eigenvalue weighted by Gasteiger charge is 2.22. The number of hydrogen-bond acceptors (Lipinski definition) is 8. The van der Waals surface area contributed by atoms with Gasteiger partial charge in [0.1, 0.15) is 12.9 Å². The molecule has 0 aromatic carbocycles. The van der Waals surface area contributed by atoms with Crippen LogP contribution in [0.2, 0.25) is 0 Å². The van der Waals surface area contributed by atoms with Crippen molar-refractivity contribution in [1.29, 1.82) is 0 Å². The number of carbonyl (C=O) groups is 1. The Morgan fingerprint density at radius 2 is 1.83 bits per heavy atom. The number of nitrogens with zero attached hydrogens (tertiary/aromatic N) is 8. The molecule has 12 nitrogen and oxygen atoms in total. The Kier molecular flexibility index (Phi) is 5.00. The summed E-state index contributed by atoms with van der Waals surface area (Å²) in [7, 11) is 4.69. The first-order chi connectivity index (χ1) is 13.9. The number of hydrogen-bond donors (Lipinski definition) is 0. The fraction of sp³-hybridized carbons (Fsp3) is 0.500. The molecule has 4 heterocycles. The van der Waals surface area contributed by atoms with Crippen molar-refractivity contribution >= 4 is 28.8 Å². The molecular weight excluding hydrogens is 400 g/mol. The summed E-state index contributed by atoms with van der Waals surface area (Å²) in [4.78, 5) is 47.6. The Hall–Kier alpha value is -2.93.